The van der Waals surface area contributed by atoms with Crippen LogP contribution in [0, 0.1) is 18.3 Å². The zero-order valence-corrected chi connectivity index (χ0v) is 16.3. The standard InChI is InChI=1S/C22H22ClN3O/c1-3-4-11-26-20-10-5-15(2)12-19(20)21(22(26)27)16(13-24)14-25-18-8-6-17(23)7-9-18/h5-10,12,25H,3-4,11,14H2,1-2H3/b21-16-. The molecular formula is C22H22ClN3O. The second kappa shape index (κ2) is 8.28. The maximum Gasteiger partial charge on any atom is 0.260 e. The Bertz CT molecular complexity index is 926. The minimum absolute atomic E-state index is 0.0847. The molecule has 0 bridgehead atoms. The third-order valence-corrected chi connectivity index (χ3v) is 4.91. The van der Waals surface area contributed by atoms with Gasteiger partial charge in [-0.05, 0) is 49.7 Å². The molecule has 3 rings (SSSR count). The summed E-state index contributed by atoms with van der Waals surface area (Å²) in [6, 6.07) is 15.5. The van der Waals surface area contributed by atoms with E-state index in [1.54, 1.807) is 17.0 Å². The van der Waals surface area contributed by atoms with Gasteiger partial charge in [-0.25, -0.2) is 0 Å². The molecule has 1 aliphatic heterocycles. The van der Waals surface area contributed by atoms with Crippen LogP contribution in [0.3, 0.4) is 0 Å². The summed E-state index contributed by atoms with van der Waals surface area (Å²) in [5.41, 5.74) is 4.62. The van der Waals surface area contributed by atoms with E-state index in [2.05, 4.69) is 18.3 Å². The number of hydrogen-bond acceptors (Lipinski definition) is 3. The number of nitriles is 1. The van der Waals surface area contributed by atoms with Crippen LogP contribution in [-0.4, -0.2) is 19.0 Å². The van der Waals surface area contributed by atoms with E-state index in [0.29, 0.717) is 22.7 Å². The molecule has 0 radical (unpaired) electrons. The normalized spacial score (nSPS) is 14.7. The van der Waals surface area contributed by atoms with Crippen LogP contribution in [-0.2, 0) is 4.79 Å². The predicted molar refractivity (Wildman–Crippen MR) is 111 cm³/mol. The number of halogens is 1. The van der Waals surface area contributed by atoms with Crippen molar-refractivity contribution in [1.82, 2.24) is 0 Å². The first-order valence-corrected chi connectivity index (χ1v) is 9.48. The molecule has 0 saturated carbocycles. The van der Waals surface area contributed by atoms with Crippen LogP contribution in [0.25, 0.3) is 5.57 Å². The lowest BCUT2D eigenvalue weighted by atomic mass is 10.00. The van der Waals surface area contributed by atoms with Gasteiger partial charge in [0.1, 0.15) is 0 Å². The number of aryl methyl sites for hydroxylation is 1. The molecular weight excluding hydrogens is 358 g/mol. The summed E-state index contributed by atoms with van der Waals surface area (Å²) < 4.78 is 0. The van der Waals surface area contributed by atoms with Crippen molar-refractivity contribution in [2.24, 2.45) is 0 Å². The van der Waals surface area contributed by atoms with Gasteiger partial charge in [0.15, 0.2) is 0 Å². The predicted octanol–water partition coefficient (Wildman–Crippen LogP) is 5.18. The lowest BCUT2D eigenvalue weighted by Crippen LogP contribution is -2.28. The molecule has 2 aromatic rings. The molecule has 0 fully saturated rings. The summed E-state index contributed by atoms with van der Waals surface area (Å²) >= 11 is 5.91. The summed E-state index contributed by atoms with van der Waals surface area (Å²) in [6.45, 7) is 5.05. The van der Waals surface area contributed by atoms with Crippen molar-refractivity contribution in [2.75, 3.05) is 23.3 Å². The number of fused-ring (bicyclic) bond motifs is 1. The van der Waals surface area contributed by atoms with Gasteiger partial charge < -0.3 is 10.2 Å². The van der Waals surface area contributed by atoms with Crippen molar-refractivity contribution in [3.8, 4) is 6.07 Å². The second-order valence-electron chi connectivity index (χ2n) is 6.66. The monoisotopic (exact) mass is 379 g/mol. The van der Waals surface area contributed by atoms with Crippen molar-refractivity contribution in [2.45, 2.75) is 26.7 Å². The van der Waals surface area contributed by atoms with Crippen molar-refractivity contribution < 1.29 is 4.79 Å². The molecule has 0 saturated heterocycles. The molecule has 1 aliphatic rings. The molecule has 0 unspecified atom stereocenters. The number of anilines is 2. The highest BCUT2D eigenvalue weighted by Gasteiger charge is 2.34. The topological polar surface area (TPSA) is 56.1 Å². The molecule has 138 valence electrons. The fourth-order valence-corrected chi connectivity index (χ4v) is 3.34. The third kappa shape index (κ3) is 3.99. The molecule has 0 spiro atoms. The Hall–Kier alpha value is -2.77. The van der Waals surface area contributed by atoms with Gasteiger partial charge in [-0.3, -0.25) is 4.79 Å². The van der Waals surface area contributed by atoms with Gasteiger partial charge in [-0.1, -0.05) is 36.6 Å². The molecule has 2 aromatic carbocycles. The van der Waals surface area contributed by atoms with Gasteiger partial charge >= 0.3 is 0 Å². The summed E-state index contributed by atoms with van der Waals surface area (Å²) in [5.74, 6) is -0.0847. The molecule has 0 aliphatic carbocycles. The Labute approximate surface area is 165 Å². The molecule has 0 atom stereocenters. The van der Waals surface area contributed by atoms with Crippen molar-refractivity contribution in [3.63, 3.8) is 0 Å². The van der Waals surface area contributed by atoms with Gasteiger partial charge in [0, 0.05) is 22.8 Å². The first-order chi connectivity index (χ1) is 13.0. The average molecular weight is 380 g/mol. The zero-order chi connectivity index (χ0) is 19.4. The Morgan fingerprint density at radius 1 is 1.22 bits per heavy atom. The highest BCUT2D eigenvalue weighted by molar-refractivity contribution is 6.33. The number of nitrogens with zero attached hydrogens (tertiary/aromatic N) is 2. The maximum absolute atomic E-state index is 13.1. The largest absolute Gasteiger partial charge is 0.380 e. The number of hydrogen-bond donors (Lipinski definition) is 1. The van der Waals surface area contributed by atoms with Crippen LogP contribution in [0.4, 0.5) is 11.4 Å². The number of carbonyl (C=O) groups is 1. The fraction of sp³-hybridized carbons (Fsp3) is 0.273. The Balaban J connectivity index is 1.96. The van der Waals surface area contributed by atoms with Crippen LogP contribution in [0.2, 0.25) is 5.02 Å². The van der Waals surface area contributed by atoms with E-state index in [9.17, 15) is 10.1 Å². The summed E-state index contributed by atoms with van der Waals surface area (Å²) in [7, 11) is 0. The molecule has 1 amide bonds. The van der Waals surface area contributed by atoms with Gasteiger partial charge in [-0.15, -0.1) is 0 Å². The molecule has 0 aromatic heterocycles. The van der Waals surface area contributed by atoms with E-state index in [4.69, 9.17) is 11.6 Å². The Morgan fingerprint density at radius 3 is 2.63 bits per heavy atom. The summed E-state index contributed by atoms with van der Waals surface area (Å²) in [4.78, 5) is 14.9. The van der Waals surface area contributed by atoms with Gasteiger partial charge in [0.05, 0.1) is 29.4 Å². The van der Waals surface area contributed by atoms with Gasteiger partial charge in [0.2, 0.25) is 0 Å². The smallest absolute Gasteiger partial charge is 0.260 e. The van der Waals surface area contributed by atoms with Crippen LogP contribution >= 0.6 is 11.6 Å². The quantitative estimate of drug-likeness (QED) is 0.555. The minimum atomic E-state index is -0.0847. The first kappa shape index (κ1) is 19.0. The number of benzene rings is 2. The highest BCUT2D eigenvalue weighted by Crippen LogP contribution is 2.39. The molecule has 5 heteroatoms. The van der Waals surface area contributed by atoms with Crippen LogP contribution in [0.5, 0.6) is 0 Å². The van der Waals surface area contributed by atoms with Crippen molar-refractivity contribution >= 4 is 34.5 Å². The van der Waals surface area contributed by atoms with E-state index >= 15 is 0 Å². The van der Waals surface area contributed by atoms with Gasteiger partial charge in [0.25, 0.3) is 5.91 Å². The number of unbranched alkanes of at least 4 members (excludes halogenated alkanes) is 1. The highest BCUT2D eigenvalue weighted by atomic mass is 35.5. The van der Waals surface area contributed by atoms with E-state index < -0.39 is 0 Å². The summed E-state index contributed by atoms with van der Waals surface area (Å²) in [5, 5.41) is 13.6. The second-order valence-corrected chi connectivity index (χ2v) is 7.09. The van der Waals surface area contributed by atoms with E-state index in [-0.39, 0.29) is 12.5 Å². The molecule has 4 nitrogen and oxygen atoms in total. The number of rotatable bonds is 6. The van der Waals surface area contributed by atoms with Crippen molar-refractivity contribution in [1.29, 1.82) is 5.26 Å². The Morgan fingerprint density at radius 2 is 1.96 bits per heavy atom. The number of amides is 1. The molecule has 1 heterocycles. The minimum Gasteiger partial charge on any atom is -0.380 e. The SMILES string of the molecule is CCCCN1C(=O)/C(=C(/C#N)CNc2ccc(Cl)cc2)c2cc(C)ccc21. The van der Waals surface area contributed by atoms with Crippen LogP contribution < -0.4 is 10.2 Å². The Kier molecular flexibility index (Phi) is 5.83. The lowest BCUT2D eigenvalue weighted by Gasteiger charge is -2.16. The van der Waals surface area contributed by atoms with E-state index in [1.807, 2.05) is 37.3 Å². The third-order valence-electron chi connectivity index (χ3n) is 4.66. The lowest BCUT2D eigenvalue weighted by molar-refractivity contribution is -0.113. The number of carbonyl (C=O) groups excluding carboxylic acids is 1. The number of nitrogens with one attached hydrogen (secondary N) is 1. The summed E-state index contributed by atoms with van der Waals surface area (Å²) in [6.07, 6.45) is 1.94. The van der Waals surface area contributed by atoms with Crippen LogP contribution in [0.1, 0.15) is 30.9 Å². The fourth-order valence-electron chi connectivity index (χ4n) is 3.22. The zero-order valence-electron chi connectivity index (χ0n) is 15.6. The maximum atomic E-state index is 13.1. The van der Waals surface area contributed by atoms with Crippen molar-refractivity contribution in [3.05, 3.63) is 64.2 Å². The molecule has 1 N–H and O–H groups in total. The average Bonchev–Trinajstić information content (AvgIpc) is 2.93. The van der Waals surface area contributed by atoms with Gasteiger partial charge in [-0.2, -0.15) is 5.26 Å². The molecule has 27 heavy (non-hydrogen) atoms. The first-order valence-electron chi connectivity index (χ1n) is 9.10. The van der Waals surface area contributed by atoms with E-state index in [1.165, 1.54) is 0 Å². The van der Waals surface area contributed by atoms with E-state index in [0.717, 1.165) is 35.3 Å². The van der Waals surface area contributed by atoms with Crippen LogP contribution in [0.15, 0.2) is 48.0 Å².